The van der Waals surface area contributed by atoms with Crippen molar-refractivity contribution in [3.63, 3.8) is 0 Å². The Kier molecular flexibility index (Phi) is 4.37. The van der Waals surface area contributed by atoms with Crippen LogP contribution < -0.4 is 11.1 Å². The fraction of sp³-hybridized carbons (Fsp3) is 0.364. The fourth-order valence-corrected chi connectivity index (χ4v) is 1.36. The molecule has 0 aliphatic carbocycles. The minimum absolute atomic E-state index is 0.00423. The Bertz CT molecular complexity index is 388. The standard InChI is InChI=1S/C11H14F3N3/c12-11(13,14)4-1-5-17-10-6-9(16)3-2-8(10)7-15/h2-3,6-7,15,17H,1,4-5,16H2. The number of rotatable bonds is 5. The minimum atomic E-state index is -4.12. The molecule has 0 aliphatic rings. The van der Waals surface area contributed by atoms with Crippen molar-refractivity contribution in [3.05, 3.63) is 23.8 Å². The van der Waals surface area contributed by atoms with Crippen molar-refractivity contribution >= 4 is 17.6 Å². The summed E-state index contributed by atoms with van der Waals surface area (Å²) in [6.07, 6.45) is -3.81. The lowest BCUT2D eigenvalue weighted by molar-refractivity contribution is -0.134. The van der Waals surface area contributed by atoms with Crippen molar-refractivity contribution in [2.24, 2.45) is 0 Å². The maximum atomic E-state index is 11.9. The van der Waals surface area contributed by atoms with Gasteiger partial charge in [-0.3, -0.25) is 0 Å². The highest BCUT2D eigenvalue weighted by Gasteiger charge is 2.25. The van der Waals surface area contributed by atoms with Gasteiger partial charge in [-0.15, -0.1) is 0 Å². The van der Waals surface area contributed by atoms with Gasteiger partial charge in [0.2, 0.25) is 0 Å². The Labute approximate surface area is 97.3 Å². The number of nitrogen functional groups attached to an aromatic ring is 1. The van der Waals surface area contributed by atoms with Crippen LogP contribution in [0.5, 0.6) is 0 Å². The molecule has 0 fully saturated rings. The molecule has 1 rings (SSSR count). The zero-order chi connectivity index (χ0) is 12.9. The molecule has 0 aliphatic heterocycles. The molecule has 0 saturated heterocycles. The molecule has 0 radical (unpaired) electrons. The van der Waals surface area contributed by atoms with E-state index < -0.39 is 12.6 Å². The van der Waals surface area contributed by atoms with Crippen molar-refractivity contribution in [2.45, 2.75) is 19.0 Å². The van der Waals surface area contributed by atoms with E-state index in [-0.39, 0.29) is 13.0 Å². The van der Waals surface area contributed by atoms with Crippen LogP contribution in [-0.4, -0.2) is 18.9 Å². The zero-order valence-corrected chi connectivity index (χ0v) is 9.14. The first kappa shape index (κ1) is 13.3. The van der Waals surface area contributed by atoms with Gasteiger partial charge in [-0.1, -0.05) is 0 Å². The second-order valence-electron chi connectivity index (χ2n) is 3.64. The molecule has 0 saturated carbocycles. The number of anilines is 2. The number of nitrogens with two attached hydrogens (primary N) is 1. The quantitative estimate of drug-likeness (QED) is 0.424. The van der Waals surface area contributed by atoms with E-state index in [0.29, 0.717) is 16.9 Å². The van der Waals surface area contributed by atoms with Crippen LogP contribution in [-0.2, 0) is 0 Å². The summed E-state index contributed by atoms with van der Waals surface area (Å²) in [5.74, 6) is 0. The number of benzene rings is 1. The summed E-state index contributed by atoms with van der Waals surface area (Å²) < 4.78 is 35.7. The third kappa shape index (κ3) is 4.76. The van der Waals surface area contributed by atoms with Crippen LogP contribution in [0.2, 0.25) is 0 Å². The highest BCUT2D eigenvalue weighted by Crippen LogP contribution is 2.22. The molecule has 94 valence electrons. The Morgan fingerprint density at radius 2 is 2.06 bits per heavy atom. The molecule has 1 aromatic rings. The Morgan fingerprint density at radius 1 is 1.35 bits per heavy atom. The highest BCUT2D eigenvalue weighted by atomic mass is 19.4. The molecule has 3 nitrogen and oxygen atoms in total. The summed E-state index contributed by atoms with van der Waals surface area (Å²) in [5, 5.41) is 10.00. The van der Waals surface area contributed by atoms with E-state index in [1.165, 1.54) is 0 Å². The molecule has 17 heavy (non-hydrogen) atoms. The fourth-order valence-electron chi connectivity index (χ4n) is 1.36. The third-order valence-corrected chi connectivity index (χ3v) is 2.19. The molecule has 0 unspecified atom stereocenters. The monoisotopic (exact) mass is 245 g/mol. The molecule has 4 N–H and O–H groups in total. The molecular weight excluding hydrogens is 231 g/mol. The lowest BCUT2D eigenvalue weighted by atomic mass is 10.1. The maximum Gasteiger partial charge on any atom is 0.389 e. The summed E-state index contributed by atoms with van der Waals surface area (Å²) in [6.45, 7) is 0.198. The summed E-state index contributed by atoms with van der Waals surface area (Å²) in [4.78, 5) is 0. The van der Waals surface area contributed by atoms with Gasteiger partial charge >= 0.3 is 6.18 Å². The first-order valence-electron chi connectivity index (χ1n) is 5.13. The third-order valence-electron chi connectivity index (χ3n) is 2.19. The Hall–Kier alpha value is -1.72. The second kappa shape index (κ2) is 5.56. The van der Waals surface area contributed by atoms with Crippen LogP contribution in [0.3, 0.4) is 0 Å². The van der Waals surface area contributed by atoms with Crippen molar-refractivity contribution < 1.29 is 13.2 Å². The molecule has 6 heteroatoms. The predicted molar refractivity (Wildman–Crippen MR) is 62.5 cm³/mol. The average Bonchev–Trinajstić information content (AvgIpc) is 2.23. The average molecular weight is 245 g/mol. The lowest BCUT2D eigenvalue weighted by Crippen LogP contribution is -2.11. The van der Waals surface area contributed by atoms with Gasteiger partial charge in [-0.05, 0) is 24.6 Å². The molecule has 0 amide bonds. The normalized spacial score (nSPS) is 11.2. The van der Waals surface area contributed by atoms with Crippen LogP contribution in [0.15, 0.2) is 18.2 Å². The lowest BCUT2D eigenvalue weighted by Gasteiger charge is -2.11. The summed E-state index contributed by atoms with van der Waals surface area (Å²) in [5.41, 5.74) is 7.26. The maximum absolute atomic E-state index is 11.9. The number of hydrogen-bond donors (Lipinski definition) is 3. The van der Waals surface area contributed by atoms with Crippen LogP contribution in [0.1, 0.15) is 18.4 Å². The van der Waals surface area contributed by atoms with E-state index in [1.807, 2.05) is 0 Å². The smallest absolute Gasteiger partial charge is 0.389 e. The predicted octanol–water partition coefficient (Wildman–Crippen LogP) is 3.02. The van der Waals surface area contributed by atoms with E-state index in [0.717, 1.165) is 6.21 Å². The first-order valence-corrected chi connectivity index (χ1v) is 5.13. The SMILES string of the molecule is N=Cc1ccc(N)cc1NCCCC(F)(F)F. The first-order chi connectivity index (χ1) is 7.92. The van der Waals surface area contributed by atoms with Crippen molar-refractivity contribution in [2.75, 3.05) is 17.6 Å². The van der Waals surface area contributed by atoms with Crippen LogP contribution in [0.25, 0.3) is 0 Å². The minimum Gasteiger partial charge on any atom is -0.399 e. The van der Waals surface area contributed by atoms with E-state index in [4.69, 9.17) is 11.1 Å². The van der Waals surface area contributed by atoms with E-state index >= 15 is 0 Å². The Morgan fingerprint density at radius 3 is 2.65 bits per heavy atom. The van der Waals surface area contributed by atoms with E-state index in [2.05, 4.69) is 5.32 Å². The molecule has 0 aromatic heterocycles. The van der Waals surface area contributed by atoms with Crippen LogP contribution in [0, 0.1) is 5.41 Å². The van der Waals surface area contributed by atoms with Gasteiger partial charge in [0.05, 0.1) is 0 Å². The van der Waals surface area contributed by atoms with Crippen molar-refractivity contribution in [1.29, 1.82) is 5.41 Å². The largest absolute Gasteiger partial charge is 0.399 e. The van der Waals surface area contributed by atoms with Gasteiger partial charge in [-0.25, -0.2) is 0 Å². The highest BCUT2D eigenvalue weighted by molar-refractivity contribution is 5.87. The summed E-state index contributed by atoms with van der Waals surface area (Å²) >= 11 is 0. The molecule has 0 heterocycles. The molecule has 0 atom stereocenters. The van der Waals surface area contributed by atoms with E-state index in [1.54, 1.807) is 18.2 Å². The number of halogens is 3. The zero-order valence-electron chi connectivity index (χ0n) is 9.14. The molecule has 0 bridgehead atoms. The Balaban J connectivity index is 2.51. The van der Waals surface area contributed by atoms with Gasteiger partial charge < -0.3 is 16.5 Å². The topological polar surface area (TPSA) is 61.9 Å². The van der Waals surface area contributed by atoms with Gasteiger partial charge in [0.1, 0.15) is 0 Å². The molecule has 0 spiro atoms. The summed E-state index contributed by atoms with van der Waals surface area (Å²) in [6, 6.07) is 4.89. The van der Waals surface area contributed by atoms with Gasteiger partial charge in [0.15, 0.2) is 0 Å². The van der Waals surface area contributed by atoms with Gasteiger partial charge in [0.25, 0.3) is 0 Å². The van der Waals surface area contributed by atoms with Gasteiger partial charge in [-0.2, -0.15) is 13.2 Å². The second-order valence-corrected chi connectivity index (χ2v) is 3.64. The number of alkyl halides is 3. The van der Waals surface area contributed by atoms with Crippen molar-refractivity contribution in [1.82, 2.24) is 0 Å². The number of hydrogen-bond acceptors (Lipinski definition) is 3. The number of nitrogens with one attached hydrogen (secondary N) is 2. The van der Waals surface area contributed by atoms with Gasteiger partial charge in [0, 0.05) is 36.1 Å². The molecule has 1 aromatic carbocycles. The molecular formula is C11H14F3N3. The summed E-state index contributed by atoms with van der Waals surface area (Å²) in [7, 11) is 0. The van der Waals surface area contributed by atoms with E-state index in [9.17, 15) is 13.2 Å². The van der Waals surface area contributed by atoms with Crippen molar-refractivity contribution in [3.8, 4) is 0 Å². The van der Waals surface area contributed by atoms with Crippen LogP contribution >= 0.6 is 0 Å². The van der Waals surface area contributed by atoms with Crippen LogP contribution in [0.4, 0.5) is 24.5 Å².